The lowest BCUT2D eigenvalue weighted by molar-refractivity contribution is 0.667. The summed E-state index contributed by atoms with van der Waals surface area (Å²) in [5.41, 5.74) is 13.2. The Morgan fingerprint density at radius 1 is 0.290 bits per heavy atom. The molecule has 0 atom stereocenters. The van der Waals surface area contributed by atoms with E-state index in [0.717, 1.165) is 94.2 Å². The molecule has 4 aromatic heterocycles. The summed E-state index contributed by atoms with van der Waals surface area (Å²) in [6, 6.07) is 67.6. The predicted octanol–water partition coefficient (Wildman–Crippen LogP) is 14.1. The molecule has 12 aromatic rings. The van der Waals surface area contributed by atoms with Crippen LogP contribution in [0.1, 0.15) is 0 Å². The zero-order valence-corrected chi connectivity index (χ0v) is 33.1. The Balaban J connectivity index is 0.966. The number of aromatic nitrogens is 5. The average molecular weight is 796 g/mol. The fourth-order valence-electron chi connectivity index (χ4n) is 8.31. The molecule has 7 heteroatoms. The first-order valence-corrected chi connectivity index (χ1v) is 20.5. The lowest BCUT2D eigenvalue weighted by Crippen LogP contribution is -2.00. The van der Waals surface area contributed by atoms with E-state index >= 15 is 0 Å². The molecule has 0 aliphatic carbocycles. The molecule has 0 saturated heterocycles. The lowest BCUT2D eigenvalue weighted by Gasteiger charge is -2.09. The molecule has 0 bridgehead atoms. The summed E-state index contributed by atoms with van der Waals surface area (Å²) in [5, 5.41) is 2.94. The topological polar surface area (TPSA) is 90.7 Å². The van der Waals surface area contributed by atoms with Crippen LogP contribution < -0.4 is 0 Å². The van der Waals surface area contributed by atoms with E-state index in [4.69, 9.17) is 33.8 Å². The number of hydrogen-bond acceptors (Lipinski definition) is 7. The molecule has 0 aliphatic heterocycles. The molecule has 8 aromatic carbocycles. The van der Waals surface area contributed by atoms with Gasteiger partial charge in [-0.3, -0.25) is 0 Å². The summed E-state index contributed by atoms with van der Waals surface area (Å²) in [5.74, 6) is 2.40. The second kappa shape index (κ2) is 14.6. The lowest BCUT2D eigenvalue weighted by atomic mass is 9.99. The number of fused-ring (bicyclic) bond motifs is 6. The first kappa shape index (κ1) is 35.4. The highest BCUT2D eigenvalue weighted by molar-refractivity contribution is 6.14. The largest absolute Gasteiger partial charge is 0.456 e. The van der Waals surface area contributed by atoms with Gasteiger partial charge in [-0.05, 0) is 52.6 Å². The minimum absolute atomic E-state index is 0.564. The first-order valence-electron chi connectivity index (χ1n) is 20.5. The van der Waals surface area contributed by atoms with Crippen molar-refractivity contribution in [2.45, 2.75) is 0 Å². The molecule has 0 amide bonds. The highest BCUT2D eigenvalue weighted by Gasteiger charge is 2.22. The zero-order chi connectivity index (χ0) is 41.0. The summed E-state index contributed by atoms with van der Waals surface area (Å²) in [7, 11) is 0. The maximum atomic E-state index is 6.68. The van der Waals surface area contributed by atoms with E-state index in [1.54, 1.807) is 0 Å². The predicted molar refractivity (Wildman–Crippen MR) is 248 cm³/mol. The van der Waals surface area contributed by atoms with Crippen molar-refractivity contribution in [1.82, 2.24) is 24.9 Å². The minimum atomic E-state index is 0.564. The molecule has 4 heterocycles. The van der Waals surface area contributed by atoms with Crippen LogP contribution >= 0.6 is 0 Å². The third kappa shape index (κ3) is 6.19. The van der Waals surface area contributed by atoms with Gasteiger partial charge in [0.25, 0.3) is 0 Å². The van der Waals surface area contributed by atoms with Crippen LogP contribution in [-0.2, 0) is 0 Å². The molecular formula is C55H33N5O2. The van der Waals surface area contributed by atoms with Crippen LogP contribution in [0.4, 0.5) is 0 Å². The molecule has 0 radical (unpaired) electrons. The summed E-state index contributed by atoms with van der Waals surface area (Å²) in [6.07, 6.45) is 0. The Morgan fingerprint density at radius 3 is 1.35 bits per heavy atom. The number of rotatable bonds is 7. The molecule has 0 aliphatic rings. The molecule has 0 saturated carbocycles. The van der Waals surface area contributed by atoms with Gasteiger partial charge in [-0.15, -0.1) is 0 Å². The highest BCUT2D eigenvalue weighted by atomic mass is 16.3. The van der Waals surface area contributed by atoms with E-state index in [-0.39, 0.29) is 0 Å². The Morgan fingerprint density at radius 2 is 0.742 bits per heavy atom. The van der Waals surface area contributed by atoms with Crippen LogP contribution in [0.3, 0.4) is 0 Å². The van der Waals surface area contributed by atoms with Crippen molar-refractivity contribution in [1.29, 1.82) is 0 Å². The number of hydrogen-bond donors (Lipinski definition) is 0. The SMILES string of the molecule is c1ccc(-c2ccc(-c3nc(-c4ccccc4)nc(-c4ccc5c(c4)oc4cc(-c6cccc7oc8c(-c9ccccc9)nc(-c9ccccc9)nc8c67)ccc45)n3)cc2)cc1. The number of nitrogens with zero attached hydrogens (tertiary/aromatic N) is 5. The zero-order valence-electron chi connectivity index (χ0n) is 33.1. The van der Waals surface area contributed by atoms with Gasteiger partial charge in [-0.25, -0.2) is 24.9 Å². The fourth-order valence-corrected chi connectivity index (χ4v) is 8.31. The molecule has 62 heavy (non-hydrogen) atoms. The van der Waals surface area contributed by atoms with Gasteiger partial charge >= 0.3 is 0 Å². The summed E-state index contributed by atoms with van der Waals surface area (Å²) < 4.78 is 13.3. The van der Waals surface area contributed by atoms with Gasteiger partial charge in [0.1, 0.15) is 28.0 Å². The molecule has 0 unspecified atom stereocenters. The van der Waals surface area contributed by atoms with Crippen LogP contribution in [0.2, 0.25) is 0 Å². The standard InChI is InChI=1S/C55H33N5O2/c1-5-14-34(15-6-1)35-24-26-39(27-25-35)54-58-53(38-20-11-4-12-21-38)59-55(60-54)41-29-31-44-43-30-28-40(32-46(43)61-47(44)33-41)42-22-13-23-45-48(42)50-51(62-45)49(36-16-7-2-8-17-36)56-52(57-50)37-18-9-3-10-19-37/h1-33H. The second-order valence-corrected chi connectivity index (χ2v) is 15.2. The quantitative estimate of drug-likeness (QED) is 0.159. The molecule has 0 N–H and O–H groups in total. The van der Waals surface area contributed by atoms with Crippen molar-refractivity contribution in [2.24, 2.45) is 0 Å². The van der Waals surface area contributed by atoms with E-state index in [0.29, 0.717) is 28.9 Å². The van der Waals surface area contributed by atoms with Crippen LogP contribution in [0.15, 0.2) is 209 Å². The van der Waals surface area contributed by atoms with Gasteiger partial charge in [0.05, 0.1) is 5.39 Å². The maximum Gasteiger partial charge on any atom is 0.180 e. The molecule has 7 nitrogen and oxygen atoms in total. The van der Waals surface area contributed by atoms with E-state index in [1.165, 1.54) is 0 Å². The molecule has 290 valence electrons. The van der Waals surface area contributed by atoms with Crippen molar-refractivity contribution in [3.05, 3.63) is 200 Å². The summed E-state index contributed by atoms with van der Waals surface area (Å²) in [4.78, 5) is 25.2. The van der Waals surface area contributed by atoms with Crippen LogP contribution in [-0.4, -0.2) is 24.9 Å². The van der Waals surface area contributed by atoms with E-state index < -0.39 is 0 Å². The Bertz CT molecular complexity index is 3610. The van der Waals surface area contributed by atoms with Crippen LogP contribution in [0, 0.1) is 0 Å². The molecule has 12 rings (SSSR count). The monoisotopic (exact) mass is 795 g/mol. The van der Waals surface area contributed by atoms with Crippen LogP contribution in [0.5, 0.6) is 0 Å². The van der Waals surface area contributed by atoms with Gasteiger partial charge < -0.3 is 8.83 Å². The fraction of sp³-hybridized carbons (Fsp3) is 0. The molecule has 0 fully saturated rings. The molecular weight excluding hydrogens is 763 g/mol. The van der Waals surface area contributed by atoms with Gasteiger partial charge in [-0.1, -0.05) is 170 Å². The van der Waals surface area contributed by atoms with Gasteiger partial charge in [0.15, 0.2) is 28.9 Å². The third-order valence-corrected chi connectivity index (χ3v) is 11.4. The third-order valence-electron chi connectivity index (χ3n) is 11.4. The van der Waals surface area contributed by atoms with Crippen molar-refractivity contribution >= 4 is 44.0 Å². The van der Waals surface area contributed by atoms with Gasteiger partial charge in [0, 0.05) is 38.6 Å². The highest BCUT2D eigenvalue weighted by Crippen LogP contribution is 2.42. The van der Waals surface area contributed by atoms with Crippen molar-refractivity contribution in [2.75, 3.05) is 0 Å². The van der Waals surface area contributed by atoms with Gasteiger partial charge in [0.2, 0.25) is 0 Å². The Hall–Kier alpha value is -8.55. The van der Waals surface area contributed by atoms with Crippen molar-refractivity contribution < 1.29 is 8.83 Å². The number of benzene rings is 8. The van der Waals surface area contributed by atoms with Crippen molar-refractivity contribution in [3.63, 3.8) is 0 Å². The Labute approximate surface area is 355 Å². The van der Waals surface area contributed by atoms with E-state index in [2.05, 4.69) is 84.9 Å². The van der Waals surface area contributed by atoms with Gasteiger partial charge in [-0.2, -0.15) is 0 Å². The normalized spacial score (nSPS) is 11.5. The van der Waals surface area contributed by atoms with Crippen LogP contribution in [0.25, 0.3) is 123 Å². The van der Waals surface area contributed by atoms with E-state index in [1.807, 2.05) is 115 Å². The smallest absolute Gasteiger partial charge is 0.180 e. The summed E-state index contributed by atoms with van der Waals surface area (Å²) in [6.45, 7) is 0. The number of furan rings is 2. The minimum Gasteiger partial charge on any atom is -0.456 e. The first-order chi connectivity index (χ1) is 30.7. The maximum absolute atomic E-state index is 6.68. The molecule has 0 spiro atoms. The summed E-state index contributed by atoms with van der Waals surface area (Å²) >= 11 is 0. The van der Waals surface area contributed by atoms with E-state index in [9.17, 15) is 0 Å². The Kier molecular flexibility index (Phi) is 8.35. The second-order valence-electron chi connectivity index (χ2n) is 15.2. The van der Waals surface area contributed by atoms with Crippen molar-refractivity contribution in [3.8, 4) is 79.1 Å². The average Bonchev–Trinajstić information content (AvgIpc) is 3.92.